The third kappa shape index (κ3) is 4.62. The molecule has 0 atom stereocenters. The van der Waals surface area contributed by atoms with Crippen LogP contribution in [-0.2, 0) is 35.3 Å². The average Bonchev–Trinajstić information content (AvgIpc) is 3.06. The van der Waals surface area contributed by atoms with Crippen molar-refractivity contribution in [1.29, 1.82) is 0 Å². The van der Waals surface area contributed by atoms with Crippen LogP contribution in [-0.4, -0.2) is 50.8 Å². The summed E-state index contributed by atoms with van der Waals surface area (Å²) in [7, 11) is 0. The van der Waals surface area contributed by atoms with Gasteiger partial charge in [0.2, 0.25) is 5.91 Å². The van der Waals surface area contributed by atoms with E-state index >= 15 is 0 Å². The number of benzene rings is 1. The van der Waals surface area contributed by atoms with Crippen molar-refractivity contribution >= 4 is 11.9 Å². The van der Waals surface area contributed by atoms with E-state index in [4.69, 9.17) is 5.11 Å². The van der Waals surface area contributed by atoms with Crippen LogP contribution in [0.15, 0.2) is 24.3 Å². The van der Waals surface area contributed by atoms with Gasteiger partial charge in [-0.2, -0.15) is 18.3 Å². The molecule has 172 valence electrons. The molecular weight excluding hydrogens is 432 g/mol. The molecule has 2 aliphatic rings. The van der Waals surface area contributed by atoms with Gasteiger partial charge >= 0.3 is 12.1 Å². The lowest BCUT2D eigenvalue weighted by atomic mass is 9.80. The third-order valence-corrected chi connectivity index (χ3v) is 6.03. The van der Waals surface area contributed by atoms with E-state index in [0.29, 0.717) is 24.1 Å². The van der Waals surface area contributed by atoms with E-state index in [9.17, 15) is 27.2 Å². The van der Waals surface area contributed by atoms with Crippen LogP contribution < -0.4 is 5.32 Å². The SMILES string of the molecule is O=C(CN[C@H]1C[C@@H](C(=O)O)C1)N1CCc2c(C(F)(F)F)nn(Cc3ccc(F)cc3)c2C1. The summed E-state index contributed by atoms with van der Waals surface area (Å²) in [6.45, 7) is 0.145. The van der Waals surface area contributed by atoms with E-state index in [1.54, 1.807) is 0 Å². The summed E-state index contributed by atoms with van der Waals surface area (Å²) in [5.41, 5.74) is 0.0401. The molecule has 1 fully saturated rings. The molecule has 0 saturated heterocycles. The minimum atomic E-state index is -4.61. The summed E-state index contributed by atoms with van der Waals surface area (Å²) < 4.78 is 55.0. The highest BCUT2D eigenvalue weighted by Gasteiger charge is 2.41. The second-order valence-corrected chi connectivity index (χ2v) is 8.21. The van der Waals surface area contributed by atoms with Crippen LogP contribution in [0.1, 0.15) is 35.4 Å². The maximum absolute atomic E-state index is 13.5. The van der Waals surface area contributed by atoms with Gasteiger partial charge in [-0.25, -0.2) is 4.39 Å². The molecule has 1 amide bonds. The number of carbonyl (C=O) groups is 2. The van der Waals surface area contributed by atoms with Crippen molar-refractivity contribution in [3.8, 4) is 0 Å². The van der Waals surface area contributed by atoms with Gasteiger partial charge < -0.3 is 15.3 Å². The van der Waals surface area contributed by atoms with Crippen molar-refractivity contribution in [2.75, 3.05) is 13.1 Å². The average molecular weight is 454 g/mol. The van der Waals surface area contributed by atoms with Crippen LogP contribution in [0.2, 0.25) is 0 Å². The van der Waals surface area contributed by atoms with Crippen LogP contribution in [0.4, 0.5) is 17.6 Å². The van der Waals surface area contributed by atoms with Gasteiger partial charge in [0.15, 0.2) is 5.69 Å². The van der Waals surface area contributed by atoms with Gasteiger partial charge in [-0.1, -0.05) is 12.1 Å². The highest BCUT2D eigenvalue weighted by atomic mass is 19.4. The highest BCUT2D eigenvalue weighted by Crippen LogP contribution is 2.35. The first-order chi connectivity index (χ1) is 15.1. The molecule has 2 N–H and O–H groups in total. The fourth-order valence-corrected chi connectivity index (χ4v) is 4.14. The number of rotatable bonds is 6. The quantitative estimate of drug-likeness (QED) is 0.655. The zero-order valence-corrected chi connectivity index (χ0v) is 17.0. The molecule has 0 bridgehead atoms. The van der Waals surface area contributed by atoms with Crippen LogP contribution >= 0.6 is 0 Å². The Bertz CT molecular complexity index is 1010. The molecular formula is C21H22F4N4O3. The van der Waals surface area contributed by atoms with Crippen LogP contribution in [0, 0.1) is 11.7 Å². The number of halogens is 4. The molecule has 7 nitrogen and oxygen atoms in total. The number of alkyl halides is 3. The Kier molecular flexibility index (Phi) is 5.93. The van der Waals surface area contributed by atoms with Crippen molar-refractivity contribution in [2.45, 2.75) is 44.6 Å². The van der Waals surface area contributed by atoms with Gasteiger partial charge in [-0.15, -0.1) is 0 Å². The lowest BCUT2D eigenvalue weighted by Gasteiger charge is -2.34. The Balaban J connectivity index is 1.47. The van der Waals surface area contributed by atoms with E-state index in [0.717, 1.165) is 0 Å². The first-order valence-corrected chi connectivity index (χ1v) is 10.3. The van der Waals surface area contributed by atoms with E-state index in [1.165, 1.54) is 33.8 Å². The van der Waals surface area contributed by atoms with Gasteiger partial charge in [0, 0.05) is 18.2 Å². The predicted molar refractivity (Wildman–Crippen MR) is 104 cm³/mol. The number of aromatic nitrogens is 2. The second-order valence-electron chi connectivity index (χ2n) is 8.21. The number of nitrogens with zero attached hydrogens (tertiary/aromatic N) is 3. The summed E-state index contributed by atoms with van der Waals surface area (Å²) in [5, 5.41) is 15.7. The smallest absolute Gasteiger partial charge is 0.435 e. The first-order valence-electron chi connectivity index (χ1n) is 10.3. The number of carboxylic acids is 1. The predicted octanol–water partition coefficient (Wildman–Crippen LogP) is 2.43. The number of amides is 1. The monoisotopic (exact) mass is 454 g/mol. The number of nitrogens with one attached hydrogen (secondary N) is 1. The maximum Gasteiger partial charge on any atom is 0.435 e. The van der Waals surface area contributed by atoms with E-state index < -0.39 is 29.6 Å². The van der Waals surface area contributed by atoms with Crippen molar-refractivity contribution < 1.29 is 32.3 Å². The number of hydrogen-bond donors (Lipinski definition) is 2. The molecule has 0 unspecified atom stereocenters. The maximum atomic E-state index is 13.5. The topological polar surface area (TPSA) is 87.5 Å². The molecule has 1 aromatic carbocycles. The van der Waals surface area contributed by atoms with Crippen molar-refractivity contribution in [3.05, 3.63) is 52.6 Å². The molecule has 1 aliphatic carbocycles. The second kappa shape index (κ2) is 8.53. The lowest BCUT2D eigenvalue weighted by molar-refractivity contribution is -0.145. The third-order valence-electron chi connectivity index (χ3n) is 6.03. The summed E-state index contributed by atoms with van der Waals surface area (Å²) in [6.07, 6.45) is -3.68. The van der Waals surface area contributed by atoms with Crippen molar-refractivity contribution in [1.82, 2.24) is 20.0 Å². The zero-order valence-electron chi connectivity index (χ0n) is 17.0. The summed E-state index contributed by atoms with van der Waals surface area (Å²) >= 11 is 0. The Labute approximate surface area is 181 Å². The minimum Gasteiger partial charge on any atom is -0.481 e. The number of fused-ring (bicyclic) bond motifs is 1. The molecule has 0 radical (unpaired) electrons. The summed E-state index contributed by atoms with van der Waals surface area (Å²) in [4.78, 5) is 25.0. The molecule has 1 aliphatic heterocycles. The standard InChI is InChI=1S/C21H22F4N4O3/c22-14-3-1-12(2-4-14)10-29-17-11-28(6-5-16(17)19(27-29)21(23,24)25)18(30)9-26-15-7-13(8-15)20(31)32/h1-4,13,15,26H,5-11H2,(H,31,32)/t13-,15+. The summed E-state index contributed by atoms with van der Waals surface area (Å²) in [5.74, 6) is -1.97. The number of carboxylic acid groups (broad SMARTS) is 1. The van der Waals surface area contributed by atoms with E-state index in [-0.39, 0.29) is 50.1 Å². The van der Waals surface area contributed by atoms with Gasteiger partial charge in [-0.05, 0) is 37.0 Å². The van der Waals surface area contributed by atoms with Gasteiger partial charge in [0.25, 0.3) is 0 Å². The highest BCUT2D eigenvalue weighted by molar-refractivity contribution is 5.78. The Hall–Kier alpha value is -2.95. The molecule has 2 aromatic rings. The van der Waals surface area contributed by atoms with Crippen molar-refractivity contribution in [3.63, 3.8) is 0 Å². The van der Waals surface area contributed by atoms with Crippen molar-refractivity contribution in [2.24, 2.45) is 5.92 Å². The van der Waals surface area contributed by atoms with Gasteiger partial charge in [-0.3, -0.25) is 14.3 Å². The molecule has 32 heavy (non-hydrogen) atoms. The van der Waals surface area contributed by atoms with Gasteiger partial charge in [0.05, 0.1) is 31.2 Å². The Morgan fingerprint density at radius 2 is 1.88 bits per heavy atom. The zero-order chi connectivity index (χ0) is 23.0. The molecule has 11 heteroatoms. The Morgan fingerprint density at radius 1 is 1.19 bits per heavy atom. The fourth-order valence-electron chi connectivity index (χ4n) is 4.14. The molecule has 0 spiro atoms. The number of carbonyl (C=O) groups excluding carboxylic acids is 1. The molecule has 1 aromatic heterocycles. The van der Waals surface area contributed by atoms with E-state index in [1.807, 2.05) is 0 Å². The fraction of sp³-hybridized carbons (Fsp3) is 0.476. The van der Waals surface area contributed by atoms with Crippen LogP contribution in [0.25, 0.3) is 0 Å². The normalized spacial score (nSPS) is 20.6. The first kappa shape index (κ1) is 22.3. The number of hydrogen-bond acceptors (Lipinski definition) is 4. The lowest BCUT2D eigenvalue weighted by Crippen LogP contribution is -2.49. The summed E-state index contributed by atoms with van der Waals surface area (Å²) in [6, 6.07) is 5.37. The number of aliphatic carboxylic acids is 1. The molecule has 2 heterocycles. The van der Waals surface area contributed by atoms with Gasteiger partial charge in [0.1, 0.15) is 5.82 Å². The Morgan fingerprint density at radius 3 is 2.50 bits per heavy atom. The molecule has 1 saturated carbocycles. The van der Waals surface area contributed by atoms with E-state index in [2.05, 4.69) is 10.4 Å². The van der Waals surface area contributed by atoms with Crippen LogP contribution in [0.5, 0.6) is 0 Å². The molecule has 4 rings (SSSR count). The van der Waals surface area contributed by atoms with Crippen LogP contribution in [0.3, 0.4) is 0 Å². The largest absolute Gasteiger partial charge is 0.481 e. The minimum absolute atomic E-state index is 0.00936.